The molecule has 0 aliphatic carbocycles. The Kier molecular flexibility index (Phi) is 66.5. The van der Waals surface area contributed by atoms with Gasteiger partial charge in [-0.1, -0.05) is 260 Å². The van der Waals surface area contributed by atoms with Gasteiger partial charge in [0.1, 0.15) is 19.3 Å². The maximum absolute atomic E-state index is 13.1. The number of carbonyl (C=O) groups excluding carboxylic acids is 4. The summed E-state index contributed by atoms with van der Waals surface area (Å²) in [5.74, 6) is -2.59. The molecule has 0 heterocycles. The normalized spacial score (nSPS) is 15.2. The Balaban J connectivity index is 5.58. The quantitative estimate of drug-likeness (QED) is 0.0169. The highest BCUT2D eigenvalue weighted by Gasteiger charge is 2.30. The number of carbonyl (C=O) groups is 4. The Morgan fingerprint density at radius 1 is 0.300 bits per heavy atom. The molecule has 0 aliphatic heterocycles. The van der Waals surface area contributed by atoms with E-state index in [0.717, 1.165) is 135 Å². The molecule has 0 bridgehead atoms. The van der Waals surface area contributed by atoms with Crippen molar-refractivity contribution < 1.29 is 80.2 Å². The molecule has 0 aromatic rings. The molecule has 0 rings (SSSR count). The molecular weight excluding hydrogens is 1310 g/mol. The summed E-state index contributed by atoms with van der Waals surface area (Å²) >= 11 is 0. The van der Waals surface area contributed by atoms with Crippen LogP contribution in [0.2, 0.25) is 0 Å². The molecule has 3 N–H and O–H groups in total. The van der Waals surface area contributed by atoms with Crippen LogP contribution >= 0.6 is 15.6 Å². The summed E-state index contributed by atoms with van der Waals surface area (Å²) in [4.78, 5) is 72.6. The van der Waals surface area contributed by atoms with Gasteiger partial charge in [-0.2, -0.15) is 0 Å². The summed E-state index contributed by atoms with van der Waals surface area (Å²) < 4.78 is 68.0. The molecule has 560 valence electrons. The first-order valence-corrected chi connectivity index (χ1v) is 39.3. The molecule has 0 aromatic heterocycles. The number of rotatable bonds is 65. The lowest BCUT2D eigenvalue weighted by Gasteiger charge is -2.21. The highest BCUT2D eigenvalue weighted by atomic mass is 31.2. The van der Waals surface area contributed by atoms with Gasteiger partial charge in [-0.3, -0.25) is 37.3 Å². The summed E-state index contributed by atoms with van der Waals surface area (Å²) in [5, 5.41) is 10.6. The summed E-state index contributed by atoms with van der Waals surface area (Å²) in [6.45, 7) is 4.08. The third-order valence-electron chi connectivity index (χ3n) is 13.8. The Hall–Kier alpha value is -6.36. The first-order valence-electron chi connectivity index (χ1n) is 36.3. The van der Waals surface area contributed by atoms with Crippen molar-refractivity contribution in [3.8, 4) is 0 Å². The lowest BCUT2D eigenvalue weighted by atomic mass is 10.1. The van der Waals surface area contributed by atoms with E-state index in [2.05, 4.69) is 174 Å². The minimum absolute atomic E-state index is 0.0465. The summed E-state index contributed by atoms with van der Waals surface area (Å²) in [6, 6.07) is 0. The summed E-state index contributed by atoms with van der Waals surface area (Å²) in [7, 11) is -10.0. The zero-order valence-corrected chi connectivity index (χ0v) is 62.6. The Bertz CT molecular complexity index is 2720. The van der Waals surface area contributed by atoms with E-state index in [1.165, 1.54) is 0 Å². The molecule has 0 saturated carbocycles. The van der Waals surface area contributed by atoms with Crippen molar-refractivity contribution in [2.24, 2.45) is 0 Å². The van der Waals surface area contributed by atoms with Crippen LogP contribution in [0.15, 0.2) is 207 Å². The van der Waals surface area contributed by atoms with Crippen LogP contribution < -0.4 is 0 Å². The topological polar surface area (TPSA) is 237 Å². The largest absolute Gasteiger partial charge is 0.472 e. The molecule has 0 fully saturated rings. The third-order valence-corrected chi connectivity index (χ3v) is 15.7. The fourth-order valence-electron chi connectivity index (χ4n) is 8.38. The van der Waals surface area contributed by atoms with Crippen molar-refractivity contribution in [1.29, 1.82) is 0 Å². The average molecular weight is 1430 g/mol. The number of phosphoric ester groups is 2. The number of ether oxygens (including phenoxy) is 4. The first kappa shape index (κ1) is 93.6. The van der Waals surface area contributed by atoms with Gasteiger partial charge in [0.2, 0.25) is 0 Å². The molecule has 0 aromatic carbocycles. The molecule has 5 unspecified atom stereocenters. The molecule has 0 amide bonds. The molecule has 5 atom stereocenters. The lowest BCUT2D eigenvalue weighted by molar-refractivity contribution is -0.160. The molecule has 17 nitrogen and oxygen atoms in total. The predicted octanol–water partition coefficient (Wildman–Crippen LogP) is 20.8. The van der Waals surface area contributed by atoms with Gasteiger partial charge in [0.25, 0.3) is 0 Å². The Labute approximate surface area is 601 Å². The number of aliphatic hydroxyl groups excluding tert-OH is 1. The Morgan fingerprint density at radius 3 is 0.960 bits per heavy atom. The van der Waals surface area contributed by atoms with Gasteiger partial charge in [0.15, 0.2) is 12.2 Å². The van der Waals surface area contributed by atoms with E-state index in [9.17, 15) is 43.2 Å². The maximum Gasteiger partial charge on any atom is 0.472 e. The summed E-state index contributed by atoms with van der Waals surface area (Å²) in [5.41, 5.74) is 0. The monoisotopic (exact) mass is 1430 g/mol. The van der Waals surface area contributed by atoms with Gasteiger partial charge in [-0.25, -0.2) is 9.13 Å². The van der Waals surface area contributed by atoms with Crippen molar-refractivity contribution in [2.45, 2.75) is 239 Å². The Morgan fingerprint density at radius 2 is 0.580 bits per heavy atom. The zero-order chi connectivity index (χ0) is 73.2. The highest BCUT2D eigenvalue weighted by molar-refractivity contribution is 7.47. The fourth-order valence-corrected chi connectivity index (χ4v) is 9.96. The number of allylic oxidation sites excluding steroid dienone is 32. The fraction of sp³-hybridized carbons (Fsp3) is 0.531. The van der Waals surface area contributed by atoms with Crippen LogP contribution in [0.25, 0.3) is 0 Å². The SMILES string of the molecule is CC/C=C\C/C=C\C/C=C\C/C=C\C/C=C\CCCC(=O)OCC(COP(=O)(O)OCC(O)COP(=O)(O)OCC(COC(=O)C/C=C\C/C=C\C/C=C\C/C=C\C/C=C\CC)OC(=O)CCCCCCC/C=C\C/C=C\CCC)OC(=O)C/C=C\C/C=C\C/C=C\C/C=C\C/C=C\CC. The third kappa shape index (κ3) is 70.1. The van der Waals surface area contributed by atoms with E-state index in [0.29, 0.717) is 32.1 Å². The van der Waals surface area contributed by atoms with Crippen LogP contribution in [0.5, 0.6) is 0 Å². The van der Waals surface area contributed by atoms with Gasteiger partial charge in [-0.05, 0) is 141 Å². The van der Waals surface area contributed by atoms with Crippen LogP contribution in [0.3, 0.4) is 0 Å². The number of hydrogen-bond donors (Lipinski definition) is 3. The van der Waals surface area contributed by atoms with Crippen molar-refractivity contribution >= 4 is 39.5 Å². The molecule has 19 heteroatoms. The minimum atomic E-state index is -5.03. The van der Waals surface area contributed by atoms with Crippen molar-refractivity contribution in [3.05, 3.63) is 207 Å². The van der Waals surface area contributed by atoms with E-state index >= 15 is 0 Å². The second-order valence-corrected chi connectivity index (χ2v) is 26.0. The number of aliphatic hydroxyl groups is 1. The second-order valence-electron chi connectivity index (χ2n) is 23.1. The van der Waals surface area contributed by atoms with Gasteiger partial charge in [-0.15, -0.1) is 0 Å². The molecule has 100 heavy (non-hydrogen) atoms. The van der Waals surface area contributed by atoms with Gasteiger partial charge < -0.3 is 33.8 Å². The van der Waals surface area contributed by atoms with Gasteiger partial charge >= 0.3 is 39.5 Å². The molecule has 0 spiro atoms. The smallest absolute Gasteiger partial charge is 0.462 e. The van der Waals surface area contributed by atoms with E-state index in [-0.39, 0.29) is 25.7 Å². The van der Waals surface area contributed by atoms with E-state index in [1.54, 1.807) is 18.2 Å². The molecule has 0 radical (unpaired) electrons. The minimum Gasteiger partial charge on any atom is -0.462 e. The lowest BCUT2D eigenvalue weighted by Crippen LogP contribution is -2.30. The molecule has 0 aliphatic rings. The number of esters is 4. The summed E-state index contributed by atoms with van der Waals surface area (Å²) in [6.07, 6.45) is 87.6. The van der Waals surface area contributed by atoms with Crippen molar-refractivity contribution in [1.82, 2.24) is 0 Å². The van der Waals surface area contributed by atoms with Crippen LogP contribution in [0.4, 0.5) is 0 Å². The maximum atomic E-state index is 13.1. The number of hydrogen-bond acceptors (Lipinski definition) is 15. The molecule has 0 saturated heterocycles. The average Bonchev–Trinajstić information content (AvgIpc) is 1.06. The van der Waals surface area contributed by atoms with E-state index < -0.39 is 97.5 Å². The van der Waals surface area contributed by atoms with Crippen molar-refractivity contribution in [2.75, 3.05) is 39.6 Å². The van der Waals surface area contributed by atoms with Crippen LogP contribution in [0.1, 0.15) is 220 Å². The van der Waals surface area contributed by atoms with Gasteiger partial charge in [0, 0.05) is 12.8 Å². The van der Waals surface area contributed by atoms with Crippen LogP contribution in [0, 0.1) is 0 Å². The number of unbranched alkanes of at least 4 members (excludes halogenated alkanes) is 7. The predicted molar refractivity (Wildman–Crippen MR) is 408 cm³/mol. The van der Waals surface area contributed by atoms with Crippen LogP contribution in [-0.4, -0.2) is 96.7 Å². The van der Waals surface area contributed by atoms with Gasteiger partial charge in [0.05, 0.1) is 39.3 Å². The van der Waals surface area contributed by atoms with E-state index in [4.69, 9.17) is 37.0 Å². The highest BCUT2D eigenvalue weighted by Crippen LogP contribution is 2.45. The van der Waals surface area contributed by atoms with Crippen LogP contribution in [-0.2, 0) is 65.4 Å². The van der Waals surface area contributed by atoms with E-state index in [1.807, 2.05) is 42.5 Å². The van der Waals surface area contributed by atoms with Crippen molar-refractivity contribution in [3.63, 3.8) is 0 Å². The standard InChI is InChI=1S/C81H124O17P2/c1-5-9-13-17-21-25-29-33-36-37-40-43-46-50-54-58-62-66-79(84)92-72-77(98-81(86)68-64-60-56-52-48-44-39-35-31-27-23-19-15-11-7-3)74-96-100(89,90)94-70-75(82)69-93-99(87,88)95-73-76(97-80(85)67-63-59-55-51-47-41-32-28-24-20-16-12-8-4)71-91-78(83)65-61-57-53-49-45-42-38-34-30-26-22-18-14-10-6-2/h9-11,13-16,20-23,25-28,32-36,38-40,43,45,48-50,52,54,57,60-61,64,75-77,82H,5-8,12,17-19,24,29-31,37,41-42,44,46-47,51,53,55-56,58-59,62-63,65-74H2,1-4H3,(H,87,88)(H,89,90)/b13-9-,14-10-,15-11-,20-16-,25-21-,26-22-,27-23-,32-28-,36-33-,38-34-,39-35-,43-40-,49-45-,52-48-,54-50-,61-57-,64-60-. The first-order chi connectivity index (χ1) is 48.7. The zero-order valence-electron chi connectivity index (χ0n) is 60.8. The number of phosphoric acid groups is 2. The molecular formula is C81H124O17P2. The second kappa shape index (κ2) is 71.1.